The molecular formula is C17H30N2O3S. The molecule has 0 aromatic rings. The molecule has 1 aliphatic carbocycles. The zero-order valence-corrected chi connectivity index (χ0v) is 15.1. The Morgan fingerprint density at radius 3 is 2.52 bits per heavy atom. The molecule has 23 heavy (non-hydrogen) atoms. The van der Waals surface area contributed by atoms with Gasteiger partial charge >= 0.3 is 0 Å². The lowest BCUT2D eigenvalue weighted by Crippen LogP contribution is -2.51. The van der Waals surface area contributed by atoms with Crippen molar-refractivity contribution in [2.24, 2.45) is 11.3 Å². The van der Waals surface area contributed by atoms with Crippen LogP contribution < -0.4 is 0 Å². The number of sulfonamides is 1. The van der Waals surface area contributed by atoms with E-state index < -0.39 is 15.4 Å². The summed E-state index contributed by atoms with van der Waals surface area (Å²) in [6.45, 7) is 4.35. The van der Waals surface area contributed by atoms with Crippen molar-refractivity contribution in [1.82, 2.24) is 9.21 Å². The molecule has 0 radical (unpaired) electrons. The molecule has 6 heteroatoms. The zero-order chi connectivity index (χ0) is 16.5. The highest BCUT2D eigenvalue weighted by atomic mass is 32.2. The predicted molar refractivity (Wildman–Crippen MR) is 90.5 cm³/mol. The molecule has 0 bridgehead atoms. The Morgan fingerprint density at radius 1 is 1.09 bits per heavy atom. The van der Waals surface area contributed by atoms with E-state index in [1.807, 2.05) is 0 Å². The summed E-state index contributed by atoms with van der Waals surface area (Å²) in [5.41, 5.74) is -0.435. The smallest absolute Gasteiger partial charge is 0.230 e. The van der Waals surface area contributed by atoms with Crippen molar-refractivity contribution in [3.63, 3.8) is 0 Å². The van der Waals surface area contributed by atoms with E-state index in [-0.39, 0.29) is 11.7 Å². The quantitative estimate of drug-likeness (QED) is 0.787. The molecule has 0 aromatic heterocycles. The molecule has 1 amide bonds. The van der Waals surface area contributed by atoms with Crippen LogP contribution in [0.4, 0.5) is 0 Å². The number of nitrogens with zero attached hydrogens (tertiary/aromatic N) is 2. The Balaban J connectivity index is 1.67. The van der Waals surface area contributed by atoms with Crippen LogP contribution in [0.25, 0.3) is 0 Å². The van der Waals surface area contributed by atoms with Crippen LogP contribution in [-0.4, -0.2) is 55.5 Å². The molecule has 0 aromatic carbocycles. The normalized spacial score (nSPS) is 31.2. The fourth-order valence-electron chi connectivity index (χ4n) is 4.64. The molecule has 1 unspecified atom stereocenters. The van der Waals surface area contributed by atoms with Crippen molar-refractivity contribution in [3.8, 4) is 0 Å². The lowest BCUT2D eigenvalue weighted by molar-refractivity contribution is -0.146. The number of hydrogen-bond acceptors (Lipinski definition) is 3. The van der Waals surface area contributed by atoms with Crippen LogP contribution in [0.5, 0.6) is 0 Å². The summed E-state index contributed by atoms with van der Waals surface area (Å²) < 4.78 is 25.8. The highest BCUT2D eigenvalue weighted by molar-refractivity contribution is 7.89. The van der Waals surface area contributed by atoms with E-state index in [2.05, 4.69) is 4.90 Å². The fourth-order valence-corrected chi connectivity index (χ4v) is 5.82. The van der Waals surface area contributed by atoms with Crippen LogP contribution in [0.3, 0.4) is 0 Å². The number of carbonyl (C=O) groups excluding carboxylic acids is 1. The van der Waals surface area contributed by atoms with Crippen molar-refractivity contribution in [3.05, 3.63) is 0 Å². The van der Waals surface area contributed by atoms with E-state index in [1.54, 1.807) is 11.2 Å². The van der Waals surface area contributed by atoms with Gasteiger partial charge in [-0.05, 0) is 44.9 Å². The number of rotatable bonds is 4. The van der Waals surface area contributed by atoms with Gasteiger partial charge in [-0.3, -0.25) is 4.79 Å². The Kier molecular flexibility index (Phi) is 5.02. The third-order valence-electron chi connectivity index (χ3n) is 6.10. The Labute approximate surface area is 140 Å². The second kappa shape index (κ2) is 6.71. The first-order chi connectivity index (χ1) is 11.0. The van der Waals surface area contributed by atoms with E-state index in [1.165, 1.54) is 32.1 Å². The van der Waals surface area contributed by atoms with Gasteiger partial charge in [0.2, 0.25) is 15.9 Å². The third kappa shape index (κ3) is 3.43. The lowest BCUT2D eigenvalue weighted by atomic mass is 9.77. The van der Waals surface area contributed by atoms with Gasteiger partial charge in [-0.2, -0.15) is 0 Å². The zero-order valence-electron chi connectivity index (χ0n) is 14.3. The van der Waals surface area contributed by atoms with E-state index >= 15 is 0 Å². The van der Waals surface area contributed by atoms with Gasteiger partial charge in [0.1, 0.15) is 0 Å². The molecule has 1 spiro atoms. The lowest BCUT2D eigenvalue weighted by Gasteiger charge is -2.41. The number of hydrogen-bond donors (Lipinski definition) is 0. The second-order valence-corrected chi connectivity index (χ2v) is 9.88. The van der Waals surface area contributed by atoms with Gasteiger partial charge < -0.3 is 4.90 Å². The van der Waals surface area contributed by atoms with E-state index in [9.17, 15) is 13.2 Å². The molecule has 2 saturated heterocycles. The van der Waals surface area contributed by atoms with Crippen LogP contribution in [-0.2, 0) is 14.8 Å². The van der Waals surface area contributed by atoms with Crippen molar-refractivity contribution < 1.29 is 13.2 Å². The van der Waals surface area contributed by atoms with Gasteiger partial charge in [-0.1, -0.05) is 19.3 Å². The largest absolute Gasteiger partial charge is 0.342 e. The first-order valence-electron chi connectivity index (χ1n) is 9.24. The average Bonchev–Trinajstić information content (AvgIpc) is 2.99. The second-order valence-electron chi connectivity index (χ2n) is 7.62. The SMILES string of the molecule is CCS(=O)(=O)N1CCC2(CCCN(CC3CCCCC3)C2=O)C1. The molecule has 3 aliphatic rings. The minimum atomic E-state index is -3.18. The van der Waals surface area contributed by atoms with Crippen LogP contribution in [0, 0.1) is 11.3 Å². The maximum absolute atomic E-state index is 13.1. The number of amides is 1. The van der Waals surface area contributed by atoms with Crippen LogP contribution in [0.1, 0.15) is 58.3 Å². The highest BCUT2D eigenvalue weighted by Crippen LogP contribution is 2.41. The van der Waals surface area contributed by atoms with E-state index in [0.29, 0.717) is 25.4 Å². The molecule has 1 atom stereocenters. The van der Waals surface area contributed by atoms with Crippen molar-refractivity contribution in [2.45, 2.75) is 58.3 Å². The van der Waals surface area contributed by atoms with E-state index in [0.717, 1.165) is 25.9 Å². The van der Waals surface area contributed by atoms with Gasteiger partial charge in [0.05, 0.1) is 11.2 Å². The summed E-state index contributed by atoms with van der Waals surface area (Å²) in [6.07, 6.45) is 8.96. The van der Waals surface area contributed by atoms with Gasteiger partial charge in [-0.25, -0.2) is 12.7 Å². The van der Waals surface area contributed by atoms with Crippen LogP contribution in [0.2, 0.25) is 0 Å². The average molecular weight is 343 g/mol. The third-order valence-corrected chi connectivity index (χ3v) is 7.93. The standard InChI is InChI=1S/C17H30N2O3S/c1-2-23(21,22)19-12-10-17(14-19)9-6-11-18(16(17)20)13-15-7-4-3-5-8-15/h15H,2-14H2,1H3. The van der Waals surface area contributed by atoms with Crippen LogP contribution in [0.15, 0.2) is 0 Å². The van der Waals surface area contributed by atoms with Gasteiger partial charge in [-0.15, -0.1) is 0 Å². The molecule has 5 nitrogen and oxygen atoms in total. The van der Waals surface area contributed by atoms with Crippen LogP contribution >= 0.6 is 0 Å². The minimum Gasteiger partial charge on any atom is -0.342 e. The number of carbonyl (C=O) groups is 1. The molecule has 0 N–H and O–H groups in total. The van der Waals surface area contributed by atoms with E-state index in [4.69, 9.17) is 0 Å². The molecule has 3 fully saturated rings. The Hall–Kier alpha value is -0.620. The highest BCUT2D eigenvalue weighted by Gasteiger charge is 2.50. The first-order valence-corrected chi connectivity index (χ1v) is 10.8. The van der Waals surface area contributed by atoms with Gasteiger partial charge in [0.15, 0.2) is 0 Å². The van der Waals surface area contributed by atoms with Crippen molar-refractivity contribution >= 4 is 15.9 Å². The topological polar surface area (TPSA) is 57.7 Å². The summed E-state index contributed by atoms with van der Waals surface area (Å²) in [5, 5.41) is 0. The Bertz CT molecular complexity index is 542. The monoisotopic (exact) mass is 342 g/mol. The minimum absolute atomic E-state index is 0.128. The molecule has 2 aliphatic heterocycles. The molecule has 3 rings (SSSR count). The predicted octanol–water partition coefficient (Wildman–Crippen LogP) is 2.23. The number of piperidine rings is 1. The summed E-state index contributed by atoms with van der Waals surface area (Å²) in [6, 6.07) is 0. The number of likely N-dealkylation sites (tertiary alicyclic amines) is 1. The fraction of sp³-hybridized carbons (Fsp3) is 0.941. The molecule has 132 valence electrons. The Morgan fingerprint density at radius 2 is 1.83 bits per heavy atom. The van der Waals surface area contributed by atoms with Crippen molar-refractivity contribution in [1.29, 1.82) is 0 Å². The molecule has 1 saturated carbocycles. The van der Waals surface area contributed by atoms with Gasteiger partial charge in [0.25, 0.3) is 0 Å². The summed E-state index contributed by atoms with van der Waals surface area (Å²) in [7, 11) is -3.18. The summed E-state index contributed by atoms with van der Waals surface area (Å²) in [5.74, 6) is 1.01. The molecular weight excluding hydrogens is 312 g/mol. The summed E-state index contributed by atoms with van der Waals surface area (Å²) in [4.78, 5) is 15.1. The first kappa shape index (κ1) is 17.2. The van der Waals surface area contributed by atoms with Crippen molar-refractivity contribution in [2.75, 3.05) is 31.9 Å². The maximum Gasteiger partial charge on any atom is 0.230 e. The molecule has 2 heterocycles. The summed E-state index contributed by atoms with van der Waals surface area (Å²) >= 11 is 0. The maximum atomic E-state index is 13.1. The van der Waals surface area contributed by atoms with Gasteiger partial charge in [0, 0.05) is 26.2 Å².